The highest BCUT2D eigenvalue weighted by atomic mass is 15.0. The summed E-state index contributed by atoms with van der Waals surface area (Å²) < 4.78 is 0. The first kappa shape index (κ1) is 10.1. The lowest BCUT2D eigenvalue weighted by Gasteiger charge is -2.11. The summed E-state index contributed by atoms with van der Waals surface area (Å²) >= 11 is 0. The molecule has 4 unspecified atom stereocenters. The van der Waals surface area contributed by atoms with E-state index in [-0.39, 0.29) is 0 Å². The van der Waals surface area contributed by atoms with Gasteiger partial charge in [-0.1, -0.05) is 13.8 Å². The van der Waals surface area contributed by atoms with Crippen LogP contribution in [-0.2, 0) is 0 Å². The first-order valence-corrected chi connectivity index (χ1v) is 7.00. The van der Waals surface area contributed by atoms with Gasteiger partial charge in [0.2, 0.25) is 0 Å². The summed E-state index contributed by atoms with van der Waals surface area (Å²) in [5.41, 5.74) is 0. The van der Waals surface area contributed by atoms with Crippen molar-refractivity contribution in [1.82, 2.24) is 5.32 Å². The van der Waals surface area contributed by atoms with Crippen LogP contribution in [0.25, 0.3) is 0 Å². The predicted octanol–water partition coefficient (Wildman–Crippen LogP) is 3.06. The zero-order valence-electron chi connectivity index (χ0n) is 10.2. The predicted molar refractivity (Wildman–Crippen MR) is 63.7 cm³/mol. The average molecular weight is 207 g/mol. The van der Waals surface area contributed by atoms with Crippen LogP contribution in [0.4, 0.5) is 0 Å². The molecule has 0 heterocycles. The smallest absolute Gasteiger partial charge is 0.0135 e. The molecule has 4 atom stereocenters. The summed E-state index contributed by atoms with van der Waals surface area (Å²) in [6, 6.07) is 0.948. The fraction of sp³-hybridized carbons (Fsp3) is 1.00. The van der Waals surface area contributed by atoms with Crippen molar-refractivity contribution in [3.05, 3.63) is 0 Å². The largest absolute Gasteiger partial charge is 0.313 e. The van der Waals surface area contributed by atoms with Crippen LogP contribution in [0.1, 0.15) is 46.0 Å². The Morgan fingerprint density at radius 1 is 1.13 bits per heavy atom. The topological polar surface area (TPSA) is 12.0 Å². The van der Waals surface area contributed by atoms with E-state index in [1.54, 1.807) is 19.3 Å². The molecular weight excluding hydrogens is 182 g/mol. The second-order valence-corrected chi connectivity index (χ2v) is 6.50. The van der Waals surface area contributed by atoms with Gasteiger partial charge >= 0.3 is 0 Å². The Hall–Kier alpha value is -0.0400. The Kier molecular flexibility index (Phi) is 2.54. The highest BCUT2D eigenvalue weighted by Crippen LogP contribution is 2.65. The maximum atomic E-state index is 3.81. The zero-order chi connectivity index (χ0) is 10.4. The molecule has 0 amide bonds. The molecule has 0 spiro atoms. The summed E-state index contributed by atoms with van der Waals surface area (Å²) in [4.78, 5) is 0. The maximum absolute atomic E-state index is 3.81. The summed E-state index contributed by atoms with van der Waals surface area (Å²) in [7, 11) is 0. The van der Waals surface area contributed by atoms with Crippen LogP contribution in [0.5, 0.6) is 0 Å². The van der Waals surface area contributed by atoms with E-state index in [1.807, 2.05) is 0 Å². The van der Waals surface area contributed by atoms with Crippen molar-refractivity contribution in [2.45, 2.75) is 52.0 Å². The molecule has 1 N–H and O–H groups in total. The van der Waals surface area contributed by atoms with E-state index in [0.717, 1.165) is 35.6 Å². The molecule has 15 heavy (non-hydrogen) atoms. The second-order valence-electron chi connectivity index (χ2n) is 6.50. The van der Waals surface area contributed by atoms with E-state index in [4.69, 9.17) is 0 Å². The number of hydrogen-bond donors (Lipinski definition) is 1. The van der Waals surface area contributed by atoms with E-state index in [0.29, 0.717) is 0 Å². The SMILES string of the molecule is CC(C)CCCNC1C2C3CCC(C3)C12. The molecule has 1 nitrogen and oxygen atoms in total. The normalized spacial score (nSPS) is 46.2. The molecule has 3 aliphatic rings. The molecule has 3 rings (SSSR count). The van der Waals surface area contributed by atoms with Gasteiger partial charge in [0.25, 0.3) is 0 Å². The van der Waals surface area contributed by atoms with Gasteiger partial charge < -0.3 is 5.32 Å². The highest BCUT2D eigenvalue weighted by molar-refractivity contribution is 5.16. The monoisotopic (exact) mass is 207 g/mol. The van der Waals surface area contributed by atoms with Crippen LogP contribution in [0.3, 0.4) is 0 Å². The zero-order valence-corrected chi connectivity index (χ0v) is 10.2. The van der Waals surface area contributed by atoms with Crippen molar-refractivity contribution < 1.29 is 0 Å². The van der Waals surface area contributed by atoms with Crippen LogP contribution < -0.4 is 5.32 Å². The van der Waals surface area contributed by atoms with Crippen molar-refractivity contribution in [2.24, 2.45) is 29.6 Å². The lowest BCUT2D eigenvalue weighted by molar-refractivity contribution is 0.447. The minimum Gasteiger partial charge on any atom is -0.313 e. The summed E-state index contributed by atoms with van der Waals surface area (Å²) in [6.45, 7) is 5.92. The molecule has 3 fully saturated rings. The third-order valence-electron chi connectivity index (χ3n) is 5.07. The molecular formula is C14H25N. The molecule has 0 saturated heterocycles. The molecule has 0 aromatic carbocycles. The van der Waals surface area contributed by atoms with E-state index < -0.39 is 0 Å². The Labute approximate surface area is 94.0 Å². The van der Waals surface area contributed by atoms with E-state index >= 15 is 0 Å². The van der Waals surface area contributed by atoms with Gasteiger partial charge in [-0.15, -0.1) is 0 Å². The molecule has 0 aromatic heterocycles. The van der Waals surface area contributed by atoms with Gasteiger partial charge in [0.05, 0.1) is 0 Å². The molecule has 3 aliphatic carbocycles. The minimum absolute atomic E-state index is 0.877. The summed E-state index contributed by atoms with van der Waals surface area (Å²) in [5, 5.41) is 3.81. The van der Waals surface area contributed by atoms with Crippen molar-refractivity contribution >= 4 is 0 Å². The van der Waals surface area contributed by atoms with Crippen molar-refractivity contribution in [3.63, 3.8) is 0 Å². The standard InChI is InChI=1S/C14H25N/c1-9(2)4-3-7-15-14-12-10-5-6-11(8-10)13(12)14/h9-15H,3-8H2,1-2H3. The second kappa shape index (κ2) is 3.76. The lowest BCUT2D eigenvalue weighted by atomic mass is 10.0. The van der Waals surface area contributed by atoms with Gasteiger partial charge in [0.1, 0.15) is 0 Å². The Morgan fingerprint density at radius 2 is 1.80 bits per heavy atom. The number of nitrogens with one attached hydrogen (secondary N) is 1. The number of rotatable bonds is 5. The highest BCUT2D eigenvalue weighted by Gasteiger charge is 2.64. The van der Waals surface area contributed by atoms with Crippen LogP contribution >= 0.6 is 0 Å². The third-order valence-corrected chi connectivity index (χ3v) is 5.07. The molecule has 1 heteroatoms. The molecule has 0 aliphatic heterocycles. The lowest BCUT2D eigenvalue weighted by Crippen LogP contribution is -2.24. The summed E-state index contributed by atoms with van der Waals surface area (Å²) in [5.74, 6) is 5.36. The van der Waals surface area contributed by atoms with Crippen molar-refractivity contribution in [2.75, 3.05) is 6.54 Å². The quantitative estimate of drug-likeness (QED) is 0.683. The van der Waals surface area contributed by atoms with Crippen molar-refractivity contribution in [3.8, 4) is 0 Å². The fourth-order valence-corrected chi connectivity index (χ4v) is 4.38. The average Bonchev–Trinajstić information content (AvgIpc) is 2.61. The van der Waals surface area contributed by atoms with Crippen LogP contribution in [0, 0.1) is 29.6 Å². The molecule has 86 valence electrons. The first-order valence-electron chi connectivity index (χ1n) is 7.00. The molecule has 2 bridgehead atoms. The number of fused-ring (bicyclic) bond motifs is 5. The molecule has 0 radical (unpaired) electrons. The van der Waals surface area contributed by atoms with E-state index in [2.05, 4.69) is 19.2 Å². The maximum Gasteiger partial charge on any atom is 0.0135 e. The van der Waals surface area contributed by atoms with Crippen LogP contribution in [0.2, 0.25) is 0 Å². The van der Waals surface area contributed by atoms with E-state index in [1.165, 1.54) is 19.4 Å². The Balaban J connectivity index is 1.37. The Bertz CT molecular complexity index is 219. The third kappa shape index (κ3) is 1.73. The van der Waals surface area contributed by atoms with Gasteiger partial charge in [-0.3, -0.25) is 0 Å². The van der Waals surface area contributed by atoms with Crippen LogP contribution in [0.15, 0.2) is 0 Å². The minimum atomic E-state index is 0.877. The van der Waals surface area contributed by atoms with Gasteiger partial charge in [0.15, 0.2) is 0 Å². The fourth-order valence-electron chi connectivity index (χ4n) is 4.38. The van der Waals surface area contributed by atoms with Gasteiger partial charge in [0, 0.05) is 6.04 Å². The van der Waals surface area contributed by atoms with Crippen LogP contribution in [-0.4, -0.2) is 12.6 Å². The number of hydrogen-bond acceptors (Lipinski definition) is 1. The van der Waals surface area contributed by atoms with E-state index in [9.17, 15) is 0 Å². The van der Waals surface area contributed by atoms with Gasteiger partial charge in [-0.2, -0.15) is 0 Å². The van der Waals surface area contributed by atoms with Crippen molar-refractivity contribution in [1.29, 1.82) is 0 Å². The molecule has 0 aromatic rings. The first-order chi connectivity index (χ1) is 7.27. The van der Waals surface area contributed by atoms with Gasteiger partial charge in [-0.05, 0) is 68.2 Å². The Morgan fingerprint density at radius 3 is 2.40 bits per heavy atom. The summed E-state index contributed by atoms with van der Waals surface area (Å²) in [6.07, 6.45) is 7.45. The molecule has 3 saturated carbocycles. The van der Waals surface area contributed by atoms with Gasteiger partial charge in [-0.25, -0.2) is 0 Å².